The average Bonchev–Trinajstić information content (AvgIpc) is 2.47. The smallest absolute Gasteiger partial charge is 0.129 e. The van der Waals surface area contributed by atoms with Gasteiger partial charge in [-0.25, -0.2) is 9.45 Å². The highest BCUT2D eigenvalue weighted by Gasteiger charge is 2.18. The molecule has 0 unspecified atom stereocenters. The van der Waals surface area contributed by atoms with Gasteiger partial charge >= 0.3 is 0 Å². The number of ether oxygens (including phenoxy) is 1. The summed E-state index contributed by atoms with van der Waals surface area (Å²) in [4.78, 5) is 3.99. The molecule has 0 spiro atoms. The molecule has 4 nitrogen and oxygen atoms in total. The van der Waals surface area contributed by atoms with Crippen LogP contribution in [0.1, 0.15) is 11.1 Å². The SMILES string of the molecule is ON1C=NCc2c(OCc3ccccc3)cc(F)cc21. The van der Waals surface area contributed by atoms with E-state index in [0.717, 1.165) is 10.6 Å². The summed E-state index contributed by atoms with van der Waals surface area (Å²) in [5.41, 5.74) is 2.03. The molecule has 0 fully saturated rings. The molecule has 0 atom stereocenters. The lowest BCUT2D eigenvalue weighted by atomic mass is 10.1. The minimum absolute atomic E-state index is 0.339. The topological polar surface area (TPSA) is 45.1 Å². The summed E-state index contributed by atoms with van der Waals surface area (Å²) < 4.78 is 19.3. The van der Waals surface area contributed by atoms with E-state index < -0.39 is 5.82 Å². The van der Waals surface area contributed by atoms with Gasteiger partial charge in [0.25, 0.3) is 0 Å². The number of hydrogen-bond donors (Lipinski definition) is 1. The maximum Gasteiger partial charge on any atom is 0.129 e. The number of benzene rings is 2. The molecule has 0 aliphatic carbocycles. The number of hydrogen-bond acceptors (Lipinski definition) is 4. The summed E-state index contributed by atoms with van der Waals surface area (Å²) in [7, 11) is 0. The maximum atomic E-state index is 13.6. The fraction of sp³-hybridized carbons (Fsp3) is 0.133. The Balaban J connectivity index is 1.87. The molecular formula is C15H13FN2O2. The zero-order chi connectivity index (χ0) is 13.9. The van der Waals surface area contributed by atoms with Crippen LogP contribution in [0.25, 0.3) is 0 Å². The number of rotatable bonds is 3. The molecule has 3 rings (SSSR count). The summed E-state index contributed by atoms with van der Waals surface area (Å²) in [6, 6.07) is 12.2. The quantitative estimate of drug-likeness (QED) is 0.933. The lowest BCUT2D eigenvalue weighted by Gasteiger charge is -2.22. The average molecular weight is 272 g/mol. The fourth-order valence-corrected chi connectivity index (χ4v) is 2.10. The maximum absolute atomic E-state index is 13.6. The second kappa shape index (κ2) is 5.30. The number of aliphatic imine (C=N–C) groups is 1. The number of hydroxylamine groups is 1. The van der Waals surface area contributed by atoms with Gasteiger partial charge in [-0.2, -0.15) is 0 Å². The first-order chi connectivity index (χ1) is 9.74. The second-order valence-corrected chi connectivity index (χ2v) is 4.48. The van der Waals surface area contributed by atoms with E-state index in [-0.39, 0.29) is 0 Å². The van der Waals surface area contributed by atoms with Crippen LogP contribution in [0.5, 0.6) is 5.75 Å². The summed E-state index contributed by atoms with van der Waals surface area (Å²) in [5, 5.41) is 10.5. The third-order valence-electron chi connectivity index (χ3n) is 3.07. The molecular weight excluding hydrogens is 259 g/mol. The molecule has 0 saturated heterocycles. The zero-order valence-electron chi connectivity index (χ0n) is 10.7. The van der Waals surface area contributed by atoms with Crippen molar-refractivity contribution in [3.63, 3.8) is 0 Å². The summed E-state index contributed by atoms with van der Waals surface area (Å²) in [6.45, 7) is 0.697. The Morgan fingerprint density at radius 3 is 2.85 bits per heavy atom. The van der Waals surface area contributed by atoms with Crippen LogP contribution in [0.2, 0.25) is 0 Å². The van der Waals surface area contributed by atoms with Crippen LogP contribution in [0.4, 0.5) is 10.1 Å². The van der Waals surface area contributed by atoms with E-state index in [9.17, 15) is 9.60 Å². The van der Waals surface area contributed by atoms with Gasteiger partial charge in [0.1, 0.15) is 24.5 Å². The summed E-state index contributed by atoms with van der Waals surface area (Å²) >= 11 is 0. The Kier molecular flexibility index (Phi) is 3.35. The third kappa shape index (κ3) is 2.48. The van der Waals surface area contributed by atoms with Crippen molar-refractivity contribution in [3.05, 3.63) is 59.4 Å². The van der Waals surface area contributed by atoms with Crippen LogP contribution in [0.15, 0.2) is 47.5 Å². The molecule has 0 saturated carbocycles. The molecule has 1 heterocycles. The standard InChI is InChI=1S/C15H13FN2O2/c16-12-6-14-13(8-17-10-18(14)19)15(7-12)20-9-11-4-2-1-3-5-11/h1-7,10,19H,8-9H2. The Hall–Kier alpha value is -2.40. The van der Waals surface area contributed by atoms with Crippen molar-refractivity contribution in [3.8, 4) is 5.75 Å². The largest absolute Gasteiger partial charge is 0.488 e. The van der Waals surface area contributed by atoms with E-state index in [1.807, 2.05) is 30.3 Å². The molecule has 2 aromatic carbocycles. The molecule has 20 heavy (non-hydrogen) atoms. The minimum Gasteiger partial charge on any atom is -0.488 e. The second-order valence-electron chi connectivity index (χ2n) is 4.48. The number of anilines is 1. The number of halogens is 1. The first-order valence-corrected chi connectivity index (χ1v) is 6.21. The van der Waals surface area contributed by atoms with Crippen LogP contribution in [0.3, 0.4) is 0 Å². The first-order valence-electron chi connectivity index (χ1n) is 6.21. The van der Waals surface area contributed by atoms with Gasteiger partial charge in [-0.1, -0.05) is 30.3 Å². The van der Waals surface area contributed by atoms with Gasteiger partial charge in [-0.15, -0.1) is 0 Å². The van der Waals surface area contributed by atoms with Gasteiger partial charge in [0.15, 0.2) is 0 Å². The van der Waals surface area contributed by atoms with Crippen LogP contribution >= 0.6 is 0 Å². The third-order valence-corrected chi connectivity index (χ3v) is 3.07. The molecule has 1 N–H and O–H groups in total. The van der Waals surface area contributed by atoms with Crippen molar-refractivity contribution in [2.75, 3.05) is 5.06 Å². The van der Waals surface area contributed by atoms with Gasteiger partial charge in [0.05, 0.1) is 12.2 Å². The molecule has 2 aromatic rings. The molecule has 0 radical (unpaired) electrons. The Bertz CT molecular complexity index is 644. The lowest BCUT2D eigenvalue weighted by molar-refractivity contribution is 0.293. The predicted octanol–water partition coefficient (Wildman–Crippen LogP) is 3.14. The summed E-state index contributed by atoms with van der Waals surface area (Å²) in [6.07, 6.45) is 1.25. The molecule has 0 aromatic heterocycles. The Morgan fingerprint density at radius 1 is 1.25 bits per heavy atom. The molecule has 1 aliphatic heterocycles. The van der Waals surface area contributed by atoms with Crippen LogP contribution < -0.4 is 9.80 Å². The van der Waals surface area contributed by atoms with Crippen molar-refractivity contribution in [2.24, 2.45) is 4.99 Å². The molecule has 1 aliphatic rings. The van der Waals surface area contributed by atoms with Crippen LogP contribution in [0, 0.1) is 5.82 Å². The van der Waals surface area contributed by atoms with E-state index in [2.05, 4.69) is 4.99 Å². The number of nitrogens with zero attached hydrogens (tertiary/aromatic N) is 2. The highest BCUT2D eigenvalue weighted by molar-refractivity contribution is 5.81. The van der Waals surface area contributed by atoms with Crippen molar-refractivity contribution in [1.29, 1.82) is 0 Å². The Labute approximate surface area is 115 Å². The number of fused-ring (bicyclic) bond motifs is 1. The van der Waals surface area contributed by atoms with E-state index >= 15 is 0 Å². The highest BCUT2D eigenvalue weighted by atomic mass is 19.1. The normalized spacial score (nSPS) is 13.2. The highest BCUT2D eigenvalue weighted by Crippen LogP contribution is 2.33. The van der Waals surface area contributed by atoms with Crippen molar-refractivity contribution < 1.29 is 14.3 Å². The van der Waals surface area contributed by atoms with Crippen LogP contribution in [-0.4, -0.2) is 11.5 Å². The predicted molar refractivity (Wildman–Crippen MR) is 73.6 cm³/mol. The first kappa shape index (κ1) is 12.6. The van der Waals surface area contributed by atoms with Crippen molar-refractivity contribution >= 4 is 12.0 Å². The summed E-state index contributed by atoms with van der Waals surface area (Å²) in [5.74, 6) is -0.0547. The van der Waals surface area contributed by atoms with E-state index in [1.165, 1.54) is 18.5 Å². The molecule has 0 amide bonds. The van der Waals surface area contributed by atoms with Gasteiger partial charge in [0.2, 0.25) is 0 Å². The monoisotopic (exact) mass is 272 g/mol. The lowest BCUT2D eigenvalue weighted by Crippen LogP contribution is -2.21. The molecule has 5 heteroatoms. The van der Waals surface area contributed by atoms with E-state index in [4.69, 9.17) is 4.74 Å². The molecule has 102 valence electrons. The van der Waals surface area contributed by atoms with Crippen LogP contribution in [-0.2, 0) is 13.2 Å². The minimum atomic E-state index is -0.457. The van der Waals surface area contributed by atoms with Gasteiger partial charge in [0, 0.05) is 17.7 Å². The fourth-order valence-electron chi connectivity index (χ4n) is 2.10. The van der Waals surface area contributed by atoms with Gasteiger partial charge in [-0.05, 0) is 5.56 Å². The Morgan fingerprint density at radius 2 is 2.05 bits per heavy atom. The van der Waals surface area contributed by atoms with Crippen molar-refractivity contribution in [1.82, 2.24) is 0 Å². The van der Waals surface area contributed by atoms with Gasteiger partial charge < -0.3 is 4.74 Å². The van der Waals surface area contributed by atoms with Gasteiger partial charge in [-0.3, -0.25) is 10.2 Å². The van der Waals surface area contributed by atoms with Crippen molar-refractivity contribution in [2.45, 2.75) is 13.2 Å². The van der Waals surface area contributed by atoms with E-state index in [1.54, 1.807) is 0 Å². The molecule has 0 bridgehead atoms. The van der Waals surface area contributed by atoms with E-state index in [0.29, 0.717) is 30.2 Å². The zero-order valence-corrected chi connectivity index (χ0v) is 10.7.